The summed E-state index contributed by atoms with van der Waals surface area (Å²) in [4.78, 5) is 0. The molecule has 2 nitrogen and oxygen atoms in total. The van der Waals surface area contributed by atoms with E-state index in [0.29, 0.717) is 0 Å². The van der Waals surface area contributed by atoms with Gasteiger partial charge in [0.05, 0.1) is 5.60 Å². The summed E-state index contributed by atoms with van der Waals surface area (Å²) in [6.45, 7) is 9.48. The summed E-state index contributed by atoms with van der Waals surface area (Å²) >= 11 is 0. The van der Waals surface area contributed by atoms with Crippen LogP contribution in [0.2, 0.25) is 0 Å². The molecule has 2 heteroatoms. The van der Waals surface area contributed by atoms with Crippen LogP contribution in [0.1, 0.15) is 32.8 Å². The molecule has 0 fully saturated rings. The normalized spacial score (nSPS) is 15.6. The molecule has 1 aromatic carbocycles. The van der Waals surface area contributed by atoms with Crippen molar-refractivity contribution < 1.29 is 10.2 Å². The van der Waals surface area contributed by atoms with Crippen molar-refractivity contribution >= 4 is 6.08 Å². The molecule has 0 saturated carbocycles. The Balaban J connectivity index is 2.76. The number of phenolic OH excluding ortho intramolecular Hbond substituents is 1. The van der Waals surface area contributed by atoms with Gasteiger partial charge < -0.3 is 10.2 Å². The van der Waals surface area contributed by atoms with Gasteiger partial charge in [0.25, 0.3) is 0 Å². The van der Waals surface area contributed by atoms with Gasteiger partial charge in [0.15, 0.2) is 0 Å². The Hall–Kier alpha value is -1.80. The van der Waals surface area contributed by atoms with Gasteiger partial charge in [0.2, 0.25) is 0 Å². The zero-order valence-electron chi connectivity index (χ0n) is 12.5. The molecular formula is C18H24O2. The van der Waals surface area contributed by atoms with Crippen molar-refractivity contribution in [2.45, 2.75) is 32.8 Å². The van der Waals surface area contributed by atoms with Crippen LogP contribution in [0.3, 0.4) is 0 Å². The maximum absolute atomic E-state index is 9.67. The molecule has 108 valence electrons. The van der Waals surface area contributed by atoms with Crippen molar-refractivity contribution in [3.8, 4) is 5.75 Å². The van der Waals surface area contributed by atoms with Crippen LogP contribution in [0.15, 0.2) is 55.1 Å². The summed E-state index contributed by atoms with van der Waals surface area (Å²) in [6, 6.07) is 7.06. The van der Waals surface area contributed by atoms with Crippen molar-refractivity contribution in [1.82, 2.24) is 0 Å². The van der Waals surface area contributed by atoms with Gasteiger partial charge in [-0.3, -0.25) is 0 Å². The topological polar surface area (TPSA) is 40.5 Å². The molecule has 2 N–H and O–H groups in total. The fourth-order valence-corrected chi connectivity index (χ4v) is 1.69. The highest BCUT2D eigenvalue weighted by atomic mass is 16.3. The summed E-state index contributed by atoms with van der Waals surface area (Å²) in [5.41, 5.74) is 0.0740. The number of aromatic hydroxyl groups is 1. The molecule has 1 rings (SSSR count). The third kappa shape index (κ3) is 5.89. The number of aliphatic hydroxyl groups is 1. The lowest BCUT2D eigenvalue weighted by Crippen LogP contribution is -2.14. The number of phenols is 1. The van der Waals surface area contributed by atoms with Crippen LogP contribution >= 0.6 is 0 Å². The van der Waals surface area contributed by atoms with Gasteiger partial charge >= 0.3 is 0 Å². The van der Waals surface area contributed by atoms with Gasteiger partial charge in [-0.15, -0.1) is 6.58 Å². The van der Waals surface area contributed by atoms with Crippen LogP contribution in [-0.2, 0) is 0 Å². The zero-order valence-corrected chi connectivity index (χ0v) is 12.5. The smallest absolute Gasteiger partial charge is 0.115 e. The van der Waals surface area contributed by atoms with Crippen LogP contribution < -0.4 is 0 Å². The lowest BCUT2D eigenvalue weighted by molar-refractivity contribution is 0.132. The molecule has 0 aliphatic rings. The van der Waals surface area contributed by atoms with Crippen molar-refractivity contribution in [2.24, 2.45) is 5.41 Å². The highest BCUT2D eigenvalue weighted by molar-refractivity contribution is 5.51. The van der Waals surface area contributed by atoms with Gasteiger partial charge in [-0.05, 0) is 38.0 Å². The van der Waals surface area contributed by atoms with E-state index in [-0.39, 0.29) is 11.2 Å². The van der Waals surface area contributed by atoms with Gasteiger partial charge in [-0.2, -0.15) is 0 Å². The second-order valence-electron chi connectivity index (χ2n) is 5.89. The highest BCUT2D eigenvalue weighted by Gasteiger charge is 2.15. The maximum atomic E-state index is 9.67. The SMILES string of the molecule is C=C[C@@](C)(/C=C/c1ccc(O)cc1)C/C=C/C(C)(C)O. The van der Waals surface area contributed by atoms with Crippen LogP contribution in [0.5, 0.6) is 5.75 Å². The van der Waals surface area contributed by atoms with Gasteiger partial charge in [-0.25, -0.2) is 0 Å². The molecule has 0 bridgehead atoms. The summed E-state index contributed by atoms with van der Waals surface area (Å²) in [5.74, 6) is 0.266. The van der Waals surface area contributed by atoms with Crippen LogP contribution in [0.4, 0.5) is 0 Å². The van der Waals surface area contributed by atoms with Crippen molar-refractivity contribution in [3.05, 3.63) is 60.7 Å². The summed E-state index contributed by atoms with van der Waals surface area (Å²) in [7, 11) is 0. The Kier molecular flexibility index (Phi) is 5.34. The van der Waals surface area contributed by atoms with Gasteiger partial charge in [0, 0.05) is 5.41 Å². The zero-order chi connectivity index (χ0) is 15.2. The molecule has 0 radical (unpaired) electrons. The van der Waals surface area contributed by atoms with E-state index >= 15 is 0 Å². The average Bonchev–Trinajstić information content (AvgIpc) is 2.37. The molecule has 0 amide bonds. The maximum Gasteiger partial charge on any atom is 0.115 e. The quantitative estimate of drug-likeness (QED) is 0.757. The molecule has 0 spiro atoms. The van der Waals surface area contributed by atoms with E-state index in [0.717, 1.165) is 12.0 Å². The molecule has 0 aliphatic carbocycles. The first-order chi connectivity index (χ1) is 9.24. The number of rotatable bonds is 6. The second kappa shape index (κ2) is 6.58. The molecule has 1 atom stereocenters. The van der Waals surface area contributed by atoms with E-state index in [1.165, 1.54) is 0 Å². The molecule has 0 unspecified atom stereocenters. The lowest BCUT2D eigenvalue weighted by atomic mass is 9.85. The number of allylic oxidation sites excluding steroid dienone is 3. The molecule has 0 saturated heterocycles. The third-order valence-electron chi connectivity index (χ3n) is 3.10. The Bertz CT molecular complexity index is 489. The standard InChI is InChI=1S/C18H24O2/c1-5-18(4,13-6-12-17(2,3)20)14-11-15-7-9-16(19)10-8-15/h5-12,14,19-20H,1,13H2,2-4H3/b12-6+,14-11+/t18-/m1/s1. The molecular weight excluding hydrogens is 248 g/mol. The third-order valence-corrected chi connectivity index (χ3v) is 3.10. The van der Waals surface area contributed by atoms with Crippen molar-refractivity contribution in [1.29, 1.82) is 0 Å². The fourth-order valence-electron chi connectivity index (χ4n) is 1.69. The monoisotopic (exact) mass is 272 g/mol. The molecule has 0 heterocycles. The van der Waals surface area contributed by atoms with E-state index in [9.17, 15) is 10.2 Å². The van der Waals surface area contributed by atoms with Gasteiger partial charge in [0.1, 0.15) is 5.75 Å². The first-order valence-corrected chi connectivity index (χ1v) is 6.76. The number of benzene rings is 1. The molecule has 1 aromatic rings. The predicted molar refractivity (Wildman–Crippen MR) is 85.5 cm³/mol. The summed E-state index contributed by atoms with van der Waals surface area (Å²) in [5, 5.41) is 18.9. The second-order valence-corrected chi connectivity index (χ2v) is 5.89. The Morgan fingerprint density at radius 3 is 2.20 bits per heavy atom. The van der Waals surface area contributed by atoms with Crippen molar-refractivity contribution in [2.75, 3.05) is 0 Å². The van der Waals surface area contributed by atoms with E-state index in [1.54, 1.807) is 32.1 Å². The largest absolute Gasteiger partial charge is 0.508 e. The minimum Gasteiger partial charge on any atom is -0.508 e. The number of hydrogen-bond donors (Lipinski definition) is 2. The first-order valence-electron chi connectivity index (χ1n) is 6.76. The summed E-state index contributed by atoms with van der Waals surface area (Å²) in [6.07, 6.45) is 10.5. The molecule has 20 heavy (non-hydrogen) atoms. The van der Waals surface area contributed by atoms with Crippen molar-refractivity contribution in [3.63, 3.8) is 0 Å². The average molecular weight is 272 g/mol. The number of hydrogen-bond acceptors (Lipinski definition) is 2. The minimum absolute atomic E-state index is 0.167. The molecule has 0 aliphatic heterocycles. The first kappa shape index (κ1) is 16.3. The Morgan fingerprint density at radius 1 is 1.10 bits per heavy atom. The van der Waals surface area contributed by atoms with E-state index in [4.69, 9.17) is 0 Å². The predicted octanol–water partition coefficient (Wildman–Crippen LogP) is 4.31. The van der Waals surface area contributed by atoms with Crippen LogP contribution in [0, 0.1) is 5.41 Å². The van der Waals surface area contributed by atoms with Crippen LogP contribution in [0.25, 0.3) is 6.08 Å². The molecule has 0 aromatic heterocycles. The van der Waals surface area contributed by atoms with E-state index < -0.39 is 5.60 Å². The summed E-state index contributed by atoms with van der Waals surface area (Å²) < 4.78 is 0. The van der Waals surface area contributed by atoms with Gasteiger partial charge in [-0.1, -0.05) is 49.4 Å². The highest BCUT2D eigenvalue weighted by Crippen LogP contribution is 2.27. The van der Waals surface area contributed by atoms with E-state index in [1.807, 2.05) is 30.4 Å². The minimum atomic E-state index is -0.789. The fraction of sp³-hybridized carbons (Fsp3) is 0.333. The Morgan fingerprint density at radius 2 is 1.70 bits per heavy atom. The van der Waals surface area contributed by atoms with E-state index in [2.05, 4.69) is 19.6 Å². The van der Waals surface area contributed by atoms with Crippen LogP contribution in [-0.4, -0.2) is 15.8 Å². The lowest BCUT2D eigenvalue weighted by Gasteiger charge is -2.20. The Labute approximate surface area is 121 Å².